The zero-order chi connectivity index (χ0) is 18.1. The van der Waals surface area contributed by atoms with E-state index in [4.69, 9.17) is 0 Å². The molecule has 0 aromatic heterocycles. The highest BCUT2D eigenvalue weighted by Gasteiger charge is 2.22. The molecule has 0 heterocycles. The number of ketones is 1. The molecule has 3 aromatic carbocycles. The van der Waals surface area contributed by atoms with E-state index in [9.17, 15) is 20.1 Å². The lowest BCUT2D eigenvalue weighted by atomic mass is 9.94. The Labute approximate surface area is 146 Å². The Balaban J connectivity index is 1.97. The molecular formula is C21H20O4. The van der Waals surface area contributed by atoms with Crippen LogP contribution in [0.3, 0.4) is 0 Å². The summed E-state index contributed by atoms with van der Waals surface area (Å²) in [6.07, 6.45) is 0.0974. The third kappa shape index (κ3) is 3.15. The van der Waals surface area contributed by atoms with Gasteiger partial charge in [-0.15, -0.1) is 0 Å². The van der Waals surface area contributed by atoms with Crippen molar-refractivity contribution in [3.8, 4) is 17.2 Å². The first-order chi connectivity index (χ1) is 11.9. The van der Waals surface area contributed by atoms with Gasteiger partial charge < -0.3 is 15.3 Å². The number of carbonyl (C=O) groups excluding carboxylic acids is 1. The maximum Gasteiger partial charge on any atom is 0.201 e. The number of fused-ring (bicyclic) bond motifs is 1. The lowest BCUT2D eigenvalue weighted by molar-refractivity contribution is 0.0989. The third-order valence-corrected chi connectivity index (χ3v) is 4.38. The normalized spacial score (nSPS) is 11.2. The molecule has 0 radical (unpaired) electrons. The third-order valence-electron chi connectivity index (χ3n) is 4.38. The molecule has 0 atom stereocenters. The monoisotopic (exact) mass is 336 g/mol. The summed E-state index contributed by atoms with van der Waals surface area (Å²) in [4.78, 5) is 12.7. The first-order valence-corrected chi connectivity index (χ1v) is 8.17. The second-order valence-electron chi connectivity index (χ2n) is 6.50. The van der Waals surface area contributed by atoms with E-state index in [0.29, 0.717) is 5.56 Å². The van der Waals surface area contributed by atoms with Crippen LogP contribution in [0.15, 0.2) is 48.5 Å². The molecule has 0 fully saturated rings. The van der Waals surface area contributed by atoms with E-state index in [-0.39, 0.29) is 29.4 Å². The highest BCUT2D eigenvalue weighted by molar-refractivity contribution is 6.01. The number of aromatic hydroxyl groups is 3. The van der Waals surface area contributed by atoms with E-state index in [2.05, 4.69) is 0 Å². The van der Waals surface area contributed by atoms with Gasteiger partial charge in [-0.2, -0.15) is 0 Å². The minimum atomic E-state index is -0.645. The van der Waals surface area contributed by atoms with Crippen LogP contribution in [0.2, 0.25) is 0 Å². The molecule has 0 bridgehead atoms. The Kier molecular flexibility index (Phi) is 4.36. The van der Waals surface area contributed by atoms with Crippen molar-refractivity contribution in [3.05, 3.63) is 65.2 Å². The summed E-state index contributed by atoms with van der Waals surface area (Å²) in [5.41, 5.74) is 1.27. The number of rotatable bonds is 4. The SMILES string of the molecule is CC(C)c1cc(C(=O)Cc2ccc3ccccc3c2)c(O)c(O)c1O. The van der Waals surface area contributed by atoms with Gasteiger partial charge in [0.25, 0.3) is 0 Å². The number of hydrogen-bond acceptors (Lipinski definition) is 4. The van der Waals surface area contributed by atoms with Crippen LogP contribution >= 0.6 is 0 Å². The lowest BCUT2D eigenvalue weighted by Crippen LogP contribution is -2.06. The summed E-state index contributed by atoms with van der Waals surface area (Å²) in [6.45, 7) is 3.67. The summed E-state index contributed by atoms with van der Waals surface area (Å²) in [5, 5.41) is 32.1. The van der Waals surface area contributed by atoms with E-state index >= 15 is 0 Å². The van der Waals surface area contributed by atoms with Crippen molar-refractivity contribution < 1.29 is 20.1 Å². The topological polar surface area (TPSA) is 77.8 Å². The Bertz CT molecular complexity index is 958. The largest absolute Gasteiger partial charge is 0.504 e. The first kappa shape index (κ1) is 16.8. The average Bonchev–Trinajstić information content (AvgIpc) is 2.59. The molecule has 0 aliphatic heterocycles. The molecule has 4 heteroatoms. The smallest absolute Gasteiger partial charge is 0.201 e. The van der Waals surface area contributed by atoms with E-state index in [1.807, 2.05) is 56.3 Å². The summed E-state index contributed by atoms with van der Waals surface area (Å²) >= 11 is 0. The lowest BCUT2D eigenvalue weighted by Gasteiger charge is -2.14. The predicted octanol–water partition coefficient (Wildman–Crippen LogP) is 4.51. The quantitative estimate of drug-likeness (QED) is 0.484. The maximum absolute atomic E-state index is 12.7. The van der Waals surface area contributed by atoms with Gasteiger partial charge >= 0.3 is 0 Å². The molecule has 0 unspecified atom stereocenters. The van der Waals surface area contributed by atoms with Gasteiger partial charge in [0.2, 0.25) is 5.75 Å². The number of phenols is 3. The van der Waals surface area contributed by atoms with Gasteiger partial charge in [0.1, 0.15) is 0 Å². The van der Waals surface area contributed by atoms with Gasteiger partial charge in [0.15, 0.2) is 17.3 Å². The van der Waals surface area contributed by atoms with E-state index in [1.165, 1.54) is 6.07 Å². The Morgan fingerprint density at radius 1 is 0.880 bits per heavy atom. The van der Waals surface area contributed by atoms with Crippen LogP contribution in [0.5, 0.6) is 17.2 Å². The maximum atomic E-state index is 12.7. The first-order valence-electron chi connectivity index (χ1n) is 8.17. The molecule has 0 saturated carbocycles. The van der Waals surface area contributed by atoms with Crippen molar-refractivity contribution in [2.24, 2.45) is 0 Å². The molecule has 3 aromatic rings. The van der Waals surface area contributed by atoms with Crippen LogP contribution < -0.4 is 0 Å². The molecule has 128 valence electrons. The van der Waals surface area contributed by atoms with E-state index < -0.39 is 11.5 Å². The summed E-state index contributed by atoms with van der Waals surface area (Å²) < 4.78 is 0. The molecule has 4 nitrogen and oxygen atoms in total. The number of hydrogen-bond donors (Lipinski definition) is 3. The highest BCUT2D eigenvalue weighted by Crippen LogP contribution is 2.43. The van der Waals surface area contributed by atoms with Crippen molar-refractivity contribution in [3.63, 3.8) is 0 Å². The Morgan fingerprint density at radius 2 is 1.56 bits per heavy atom. The molecule has 0 saturated heterocycles. The van der Waals surface area contributed by atoms with Crippen molar-refractivity contribution in [2.45, 2.75) is 26.2 Å². The highest BCUT2D eigenvalue weighted by atomic mass is 16.3. The van der Waals surface area contributed by atoms with E-state index in [1.54, 1.807) is 0 Å². The molecule has 3 rings (SSSR count). The van der Waals surface area contributed by atoms with Gasteiger partial charge in [-0.05, 0) is 28.3 Å². The van der Waals surface area contributed by atoms with E-state index in [0.717, 1.165) is 16.3 Å². The van der Waals surface area contributed by atoms with Crippen LogP contribution in [-0.2, 0) is 6.42 Å². The van der Waals surface area contributed by atoms with Crippen molar-refractivity contribution in [1.29, 1.82) is 0 Å². The Hall–Kier alpha value is -3.01. The summed E-state index contributed by atoms with van der Waals surface area (Å²) in [7, 11) is 0. The second-order valence-corrected chi connectivity index (χ2v) is 6.50. The molecule has 0 spiro atoms. The number of Topliss-reactive ketones (excluding diaryl/α,β-unsaturated/α-hetero) is 1. The second kappa shape index (κ2) is 6.48. The zero-order valence-corrected chi connectivity index (χ0v) is 14.2. The van der Waals surface area contributed by atoms with Gasteiger partial charge in [0, 0.05) is 12.0 Å². The molecule has 25 heavy (non-hydrogen) atoms. The summed E-state index contributed by atoms with van der Waals surface area (Å²) in [5.74, 6) is -2.01. The molecule has 3 N–H and O–H groups in total. The van der Waals surface area contributed by atoms with Crippen LogP contribution in [0.4, 0.5) is 0 Å². The number of benzene rings is 3. The van der Waals surface area contributed by atoms with Crippen LogP contribution in [0.25, 0.3) is 10.8 Å². The predicted molar refractivity (Wildman–Crippen MR) is 97.5 cm³/mol. The standard InChI is InChI=1S/C21H20O4/c1-12(2)16-11-17(20(24)21(25)19(16)23)18(22)10-13-7-8-14-5-3-4-6-15(14)9-13/h3-9,11-12,23-25H,10H2,1-2H3. The number of carbonyl (C=O) groups is 1. The fourth-order valence-electron chi connectivity index (χ4n) is 2.95. The van der Waals surface area contributed by atoms with Crippen LogP contribution in [0.1, 0.15) is 41.3 Å². The molecular weight excluding hydrogens is 316 g/mol. The van der Waals surface area contributed by atoms with Crippen molar-refractivity contribution >= 4 is 16.6 Å². The minimum Gasteiger partial charge on any atom is -0.504 e. The molecule has 0 aliphatic carbocycles. The summed E-state index contributed by atoms with van der Waals surface area (Å²) in [6, 6.07) is 15.1. The molecule has 0 amide bonds. The van der Waals surface area contributed by atoms with Gasteiger partial charge in [-0.25, -0.2) is 0 Å². The number of phenolic OH excluding ortho intramolecular Hbond substituents is 3. The Morgan fingerprint density at radius 3 is 2.24 bits per heavy atom. The van der Waals surface area contributed by atoms with Crippen molar-refractivity contribution in [1.82, 2.24) is 0 Å². The van der Waals surface area contributed by atoms with Crippen LogP contribution in [0, 0.1) is 0 Å². The fraction of sp³-hybridized carbons (Fsp3) is 0.190. The van der Waals surface area contributed by atoms with Crippen LogP contribution in [-0.4, -0.2) is 21.1 Å². The average molecular weight is 336 g/mol. The molecule has 0 aliphatic rings. The van der Waals surface area contributed by atoms with Gasteiger partial charge in [-0.1, -0.05) is 56.3 Å². The fourth-order valence-corrected chi connectivity index (χ4v) is 2.95. The van der Waals surface area contributed by atoms with Crippen molar-refractivity contribution in [2.75, 3.05) is 0 Å². The van der Waals surface area contributed by atoms with Gasteiger partial charge in [0.05, 0.1) is 5.56 Å². The minimum absolute atomic E-state index is 0.0205. The van der Waals surface area contributed by atoms with Gasteiger partial charge in [-0.3, -0.25) is 4.79 Å². The zero-order valence-electron chi connectivity index (χ0n) is 14.2.